The molecule has 0 radical (unpaired) electrons. The first-order chi connectivity index (χ1) is 28.7. The Hall–Kier alpha value is -7.68. The van der Waals surface area contributed by atoms with Crippen molar-refractivity contribution in [2.75, 3.05) is 4.90 Å². The minimum atomic E-state index is 0.881. The predicted octanol–water partition coefficient (Wildman–Crippen LogP) is 15.9. The zero-order chi connectivity index (χ0) is 38.7. The Labute approximate surface area is 339 Å². The Balaban J connectivity index is 0.988. The van der Waals surface area contributed by atoms with Crippen LogP contribution >= 0.6 is 0 Å². The van der Waals surface area contributed by atoms with Crippen LogP contribution in [0.4, 0.5) is 17.1 Å². The number of furan rings is 1. The first kappa shape index (κ1) is 34.8. The lowest BCUT2D eigenvalue weighted by atomic mass is 9.96. The predicted molar refractivity (Wildman–Crippen MR) is 244 cm³/mol. The molecule has 2 heteroatoms. The molecule has 0 aliphatic rings. The average molecular weight is 742 g/mol. The molecule has 0 aliphatic heterocycles. The molecule has 9 aromatic carbocycles. The molecule has 1 heterocycles. The van der Waals surface area contributed by atoms with Gasteiger partial charge in [0.15, 0.2) is 0 Å². The van der Waals surface area contributed by atoms with Crippen LogP contribution in [0.2, 0.25) is 0 Å². The van der Waals surface area contributed by atoms with Gasteiger partial charge in [-0.25, -0.2) is 0 Å². The smallest absolute Gasteiger partial charge is 0.143 e. The molecule has 10 rings (SSSR count). The second kappa shape index (κ2) is 15.5. The highest BCUT2D eigenvalue weighted by molar-refractivity contribution is 6.02. The molecule has 0 saturated heterocycles. The normalized spacial score (nSPS) is 11.1. The summed E-state index contributed by atoms with van der Waals surface area (Å²) in [6, 6.07) is 84.0. The summed E-state index contributed by atoms with van der Waals surface area (Å²) < 4.78 is 6.57. The van der Waals surface area contributed by atoms with Crippen LogP contribution in [0.5, 0.6) is 0 Å². The fourth-order valence-corrected chi connectivity index (χ4v) is 7.95. The van der Waals surface area contributed by atoms with Crippen molar-refractivity contribution in [3.8, 4) is 67.0 Å². The van der Waals surface area contributed by atoms with Crippen molar-refractivity contribution in [1.29, 1.82) is 0 Å². The van der Waals surface area contributed by atoms with E-state index in [-0.39, 0.29) is 0 Å². The molecule has 0 atom stereocenters. The van der Waals surface area contributed by atoms with E-state index in [9.17, 15) is 0 Å². The van der Waals surface area contributed by atoms with Crippen LogP contribution in [0.1, 0.15) is 0 Å². The van der Waals surface area contributed by atoms with E-state index in [1.54, 1.807) is 0 Å². The maximum absolute atomic E-state index is 6.57. The number of nitrogens with zero attached hydrogens (tertiary/aromatic N) is 1. The summed E-state index contributed by atoms with van der Waals surface area (Å²) in [7, 11) is 0. The van der Waals surface area contributed by atoms with Crippen LogP contribution in [-0.4, -0.2) is 0 Å². The van der Waals surface area contributed by atoms with E-state index >= 15 is 0 Å². The highest BCUT2D eigenvalue weighted by Gasteiger charge is 2.19. The molecular formula is C56H39NO. The number of benzene rings is 9. The summed E-state index contributed by atoms with van der Waals surface area (Å²) in [4.78, 5) is 2.33. The third kappa shape index (κ3) is 6.89. The van der Waals surface area contributed by atoms with Crippen molar-refractivity contribution in [3.05, 3.63) is 237 Å². The molecule has 274 valence electrons. The summed E-state index contributed by atoms with van der Waals surface area (Å²) in [6.45, 7) is 0. The van der Waals surface area contributed by atoms with Gasteiger partial charge in [0.05, 0.1) is 0 Å². The van der Waals surface area contributed by atoms with Crippen LogP contribution in [-0.2, 0) is 0 Å². The van der Waals surface area contributed by atoms with E-state index < -0.39 is 0 Å². The monoisotopic (exact) mass is 741 g/mol. The van der Waals surface area contributed by atoms with Crippen molar-refractivity contribution in [1.82, 2.24) is 0 Å². The van der Waals surface area contributed by atoms with Gasteiger partial charge >= 0.3 is 0 Å². The fourth-order valence-electron chi connectivity index (χ4n) is 7.95. The molecular weight excluding hydrogens is 703 g/mol. The first-order valence-corrected chi connectivity index (χ1v) is 19.7. The van der Waals surface area contributed by atoms with Gasteiger partial charge in [-0.2, -0.15) is 0 Å². The van der Waals surface area contributed by atoms with Crippen molar-refractivity contribution in [3.63, 3.8) is 0 Å². The molecule has 0 bridgehead atoms. The van der Waals surface area contributed by atoms with E-state index in [4.69, 9.17) is 4.42 Å². The Kier molecular flexibility index (Phi) is 9.27. The summed E-state index contributed by atoms with van der Waals surface area (Å²) in [5.41, 5.74) is 16.9. The molecule has 0 amide bonds. The molecule has 0 saturated carbocycles. The van der Waals surface area contributed by atoms with Crippen LogP contribution in [0, 0.1) is 0 Å². The number of rotatable bonds is 9. The lowest BCUT2D eigenvalue weighted by Gasteiger charge is -2.26. The second-order valence-corrected chi connectivity index (χ2v) is 14.5. The molecule has 58 heavy (non-hydrogen) atoms. The molecule has 10 aromatic rings. The van der Waals surface area contributed by atoms with Gasteiger partial charge in [0, 0.05) is 33.6 Å². The van der Waals surface area contributed by atoms with Gasteiger partial charge < -0.3 is 9.32 Å². The summed E-state index contributed by atoms with van der Waals surface area (Å²) in [6.07, 6.45) is 0. The number of anilines is 3. The molecule has 2 nitrogen and oxygen atoms in total. The van der Waals surface area contributed by atoms with E-state index in [1.165, 1.54) is 33.4 Å². The number of fused-ring (bicyclic) bond motifs is 1. The van der Waals surface area contributed by atoms with E-state index in [0.717, 1.165) is 61.6 Å². The zero-order valence-electron chi connectivity index (χ0n) is 31.9. The van der Waals surface area contributed by atoms with Crippen LogP contribution in [0.15, 0.2) is 241 Å². The lowest BCUT2D eigenvalue weighted by Crippen LogP contribution is -2.09. The lowest BCUT2D eigenvalue weighted by molar-refractivity contribution is 0.632. The van der Waals surface area contributed by atoms with Crippen molar-refractivity contribution >= 4 is 28.0 Å². The average Bonchev–Trinajstić information content (AvgIpc) is 3.71. The van der Waals surface area contributed by atoms with Gasteiger partial charge in [-0.1, -0.05) is 188 Å². The first-order valence-electron chi connectivity index (χ1n) is 19.7. The van der Waals surface area contributed by atoms with Crippen LogP contribution in [0.25, 0.3) is 77.9 Å². The Bertz CT molecular complexity index is 2930. The third-order valence-electron chi connectivity index (χ3n) is 10.9. The quantitative estimate of drug-likeness (QED) is 0.146. The minimum absolute atomic E-state index is 0.881. The summed E-state index contributed by atoms with van der Waals surface area (Å²) in [5.74, 6) is 0.881. The maximum atomic E-state index is 6.57. The Morgan fingerprint density at radius 3 is 1.09 bits per heavy atom. The summed E-state index contributed by atoms with van der Waals surface area (Å²) >= 11 is 0. The summed E-state index contributed by atoms with van der Waals surface area (Å²) in [5, 5.41) is 1.12. The molecule has 0 spiro atoms. The third-order valence-corrected chi connectivity index (χ3v) is 10.9. The number of hydrogen-bond acceptors (Lipinski definition) is 2. The Morgan fingerprint density at radius 1 is 0.259 bits per heavy atom. The SMILES string of the molecule is c1ccc(-c2ccc(-c3ccc(N(c4ccc(-c5ccccc5)cc4)c4ccc(-c5cccc(-c6oc7ccccc7c6-c6ccccc6)c5)cc4)cc3)cc2)cc1. The fraction of sp³-hybridized carbons (Fsp3) is 0. The minimum Gasteiger partial charge on any atom is -0.455 e. The maximum Gasteiger partial charge on any atom is 0.143 e. The van der Waals surface area contributed by atoms with Gasteiger partial charge in [-0.15, -0.1) is 0 Å². The van der Waals surface area contributed by atoms with Gasteiger partial charge in [-0.05, 0) is 98.6 Å². The topological polar surface area (TPSA) is 16.4 Å². The van der Waals surface area contributed by atoms with E-state index in [2.05, 4.69) is 229 Å². The molecule has 1 aromatic heterocycles. The Morgan fingerprint density at radius 2 is 0.603 bits per heavy atom. The van der Waals surface area contributed by atoms with Gasteiger partial charge in [0.2, 0.25) is 0 Å². The van der Waals surface area contributed by atoms with Crippen molar-refractivity contribution in [2.24, 2.45) is 0 Å². The molecule has 0 fully saturated rings. The molecule has 0 aliphatic carbocycles. The molecule has 0 N–H and O–H groups in total. The van der Waals surface area contributed by atoms with E-state index in [0.29, 0.717) is 0 Å². The van der Waals surface area contributed by atoms with Crippen LogP contribution in [0.3, 0.4) is 0 Å². The highest BCUT2D eigenvalue weighted by atomic mass is 16.3. The van der Waals surface area contributed by atoms with Gasteiger partial charge in [0.25, 0.3) is 0 Å². The zero-order valence-corrected chi connectivity index (χ0v) is 31.9. The van der Waals surface area contributed by atoms with Crippen molar-refractivity contribution < 1.29 is 4.42 Å². The highest BCUT2D eigenvalue weighted by Crippen LogP contribution is 2.42. The van der Waals surface area contributed by atoms with Crippen molar-refractivity contribution in [2.45, 2.75) is 0 Å². The number of para-hydroxylation sites is 1. The second-order valence-electron chi connectivity index (χ2n) is 14.5. The number of hydrogen-bond donors (Lipinski definition) is 0. The van der Waals surface area contributed by atoms with Gasteiger partial charge in [0.1, 0.15) is 11.3 Å². The van der Waals surface area contributed by atoms with Gasteiger partial charge in [-0.3, -0.25) is 0 Å². The largest absolute Gasteiger partial charge is 0.455 e. The van der Waals surface area contributed by atoms with E-state index in [1.807, 2.05) is 12.1 Å². The molecule has 0 unspecified atom stereocenters. The standard InChI is InChI=1S/C56H39NO/c1-4-13-40(14-5-1)42-23-25-43(26-24-42)45-29-35-51(36-30-45)57(50-33-27-44(28-34-50)41-15-6-2-7-16-41)52-37-31-46(32-38-52)48-19-12-20-49(39-48)56-55(47-17-8-3-9-18-47)53-21-10-11-22-54(53)58-56/h1-39H. The van der Waals surface area contributed by atoms with Crippen LogP contribution < -0.4 is 4.90 Å².